The van der Waals surface area contributed by atoms with Crippen molar-refractivity contribution in [3.05, 3.63) is 188 Å². The van der Waals surface area contributed by atoms with Crippen LogP contribution >= 0.6 is 0 Å². The van der Waals surface area contributed by atoms with Crippen molar-refractivity contribution in [2.45, 2.75) is 0 Å². The van der Waals surface area contributed by atoms with Gasteiger partial charge in [0.15, 0.2) is 0 Å². The molecule has 8 aromatic carbocycles. The number of anilines is 3. The first-order valence-corrected chi connectivity index (χ1v) is 16.6. The third-order valence-electron chi connectivity index (χ3n) is 9.22. The molecule has 0 aliphatic carbocycles. The van der Waals surface area contributed by atoms with Crippen molar-refractivity contribution in [3.8, 4) is 33.6 Å². The van der Waals surface area contributed by atoms with Gasteiger partial charge in [0.05, 0.1) is 22.4 Å². The van der Waals surface area contributed by atoms with E-state index in [2.05, 4.69) is 181 Å². The SMILES string of the molecule is c1ccc(-c2nc3ccc4ccc5ccc(-c6ccc(N(c7ccccc7)c7ccccc7)cc6)cc5c4c3nc2-c2ccccc2)cc1. The van der Waals surface area contributed by atoms with Crippen molar-refractivity contribution in [1.82, 2.24) is 9.97 Å². The second-order valence-electron chi connectivity index (χ2n) is 12.2. The van der Waals surface area contributed by atoms with Crippen LogP contribution in [0.3, 0.4) is 0 Å². The van der Waals surface area contributed by atoms with Crippen molar-refractivity contribution in [2.75, 3.05) is 4.90 Å². The molecule has 9 rings (SSSR count). The molecule has 1 heterocycles. The van der Waals surface area contributed by atoms with Gasteiger partial charge in [-0.15, -0.1) is 0 Å². The molecule has 0 unspecified atom stereocenters. The van der Waals surface area contributed by atoms with Gasteiger partial charge in [-0.1, -0.05) is 140 Å². The number of hydrogen-bond donors (Lipinski definition) is 0. The number of para-hydroxylation sites is 2. The number of aromatic nitrogens is 2. The van der Waals surface area contributed by atoms with Crippen LogP contribution in [0, 0.1) is 0 Å². The summed E-state index contributed by atoms with van der Waals surface area (Å²) >= 11 is 0. The molecular formula is C46H31N3. The Kier molecular flexibility index (Phi) is 7.14. The molecule has 49 heavy (non-hydrogen) atoms. The molecule has 0 fully saturated rings. The van der Waals surface area contributed by atoms with E-state index in [-0.39, 0.29) is 0 Å². The summed E-state index contributed by atoms with van der Waals surface area (Å²) in [4.78, 5) is 13.0. The Morgan fingerprint density at radius 2 is 0.816 bits per heavy atom. The Morgan fingerprint density at radius 1 is 0.347 bits per heavy atom. The van der Waals surface area contributed by atoms with Crippen molar-refractivity contribution in [3.63, 3.8) is 0 Å². The Labute approximate surface area is 285 Å². The predicted octanol–water partition coefficient (Wildman–Crippen LogP) is 12.4. The van der Waals surface area contributed by atoms with Crippen LogP contribution in [0.25, 0.3) is 66.2 Å². The van der Waals surface area contributed by atoms with Crippen LogP contribution in [0.15, 0.2) is 188 Å². The smallest absolute Gasteiger partial charge is 0.0979 e. The highest BCUT2D eigenvalue weighted by atomic mass is 15.1. The molecule has 0 spiro atoms. The summed E-state index contributed by atoms with van der Waals surface area (Å²) in [5, 5.41) is 4.61. The summed E-state index contributed by atoms with van der Waals surface area (Å²) < 4.78 is 0. The normalized spacial score (nSPS) is 11.3. The molecule has 3 heteroatoms. The van der Waals surface area contributed by atoms with Crippen molar-refractivity contribution in [1.29, 1.82) is 0 Å². The van der Waals surface area contributed by atoms with Gasteiger partial charge in [-0.25, -0.2) is 9.97 Å². The quantitative estimate of drug-likeness (QED) is 0.172. The standard InChI is InChI=1S/C46H31N3/c1-5-13-35(14-6-1)44-45(36-15-7-2-8-16-36)48-46-42(47-44)30-27-34-23-21-33-22-24-37(31-41(33)43(34)46)32-25-28-40(29-26-32)49(38-17-9-3-10-18-38)39-19-11-4-12-20-39/h1-31H. The molecule has 230 valence electrons. The van der Waals surface area contributed by atoms with Crippen LogP contribution in [-0.2, 0) is 0 Å². The molecule has 0 saturated carbocycles. The summed E-state index contributed by atoms with van der Waals surface area (Å²) in [5.41, 5.74) is 11.3. The summed E-state index contributed by atoms with van der Waals surface area (Å²) in [7, 11) is 0. The van der Waals surface area contributed by atoms with E-state index in [1.54, 1.807) is 0 Å². The highest BCUT2D eigenvalue weighted by molar-refractivity contribution is 6.19. The maximum Gasteiger partial charge on any atom is 0.0979 e. The highest BCUT2D eigenvalue weighted by Gasteiger charge is 2.17. The Hall–Kier alpha value is -6.58. The lowest BCUT2D eigenvalue weighted by atomic mass is 9.95. The van der Waals surface area contributed by atoms with E-state index in [0.29, 0.717) is 0 Å². The molecule has 0 radical (unpaired) electrons. The fourth-order valence-electron chi connectivity index (χ4n) is 6.84. The summed E-state index contributed by atoms with van der Waals surface area (Å²) in [5.74, 6) is 0. The zero-order valence-electron chi connectivity index (χ0n) is 26.7. The molecule has 0 N–H and O–H groups in total. The first-order chi connectivity index (χ1) is 24.3. The lowest BCUT2D eigenvalue weighted by Gasteiger charge is -2.25. The second-order valence-corrected chi connectivity index (χ2v) is 12.2. The highest BCUT2D eigenvalue weighted by Crippen LogP contribution is 2.39. The van der Waals surface area contributed by atoms with Gasteiger partial charge in [0, 0.05) is 33.6 Å². The molecule has 0 amide bonds. The minimum atomic E-state index is 0.884. The minimum absolute atomic E-state index is 0.884. The van der Waals surface area contributed by atoms with Gasteiger partial charge >= 0.3 is 0 Å². The number of benzene rings is 8. The van der Waals surface area contributed by atoms with Crippen LogP contribution in [0.4, 0.5) is 17.1 Å². The third kappa shape index (κ3) is 5.28. The van der Waals surface area contributed by atoms with E-state index in [1.165, 1.54) is 10.8 Å². The monoisotopic (exact) mass is 625 g/mol. The molecule has 0 aliphatic heterocycles. The van der Waals surface area contributed by atoms with Gasteiger partial charge in [0.2, 0.25) is 0 Å². The second kappa shape index (κ2) is 12.2. The zero-order chi connectivity index (χ0) is 32.6. The lowest BCUT2D eigenvalue weighted by Crippen LogP contribution is -2.09. The zero-order valence-corrected chi connectivity index (χ0v) is 26.7. The Morgan fingerprint density at radius 3 is 1.43 bits per heavy atom. The van der Waals surface area contributed by atoms with Crippen LogP contribution in [-0.4, -0.2) is 9.97 Å². The van der Waals surface area contributed by atoms with E-state index >= 15 is 0 Å². The summed E-state index contributed by atoms with van der Waals surface area (Å²) in [6.45, 7) is 0. The maximum absolute atomic E-state index is 5.42. The number of hydrogen-bond acceptors (Lipinski definition) is 3. The first kappa shape index (κ1) is 28.6. The molecule has 3 nitrogen and oxygen atoms in total. The van der Waals surface area contributed by atoms with Gasteiger partial charge < -0.3 is 4.90 Å². The van der Waals surface area contributed by atoms with Gasteiger partial charge in [-0.2, -0.15) is 0 Å². The van der Waals surface area contributed by atoms with Crippen LogP contribution in [0.1, 0.15) is 0 Å². The molecule has 0 aliphatic rings. The Bertz CT molecular complexity index is 2530. The van der Waals surface area contributed by atoms with Crippen LogP contribution in [0.5, 0.6) is 0 Å². The summed E-state index contributed by atoms with van der Waals surface area (Å²) in [6.07, 6.45) is 0. The van der Waals surface area contributed by atoms with E-state index in [9.17, 15) is 0 Å². The van der Waals surface area contributed by atoms with Crippen molar-refractivity contribution < 1.29 is 0 Å². The van der Waals surface area contributed by atoms with Crippen LogP contribution < -0.4 is 4.90 Å². The fraction of sp³-hybridized carbons (Fsp3) is 0. The largest absolute Gasteiger partial charge is 0.311 e. The van der Waals surface area contributed by atoms with Gasteiger partial charge in [0.25, 0.3) is 0 Å². The molecule has 0 saturated heterocycles. The van der Waals surface area contributed by atoms with E-state index in [1.807, 2.05) is 12.1 Å². The first-order valence-electron chi connectivity index (χ1n) is 16.6. The average molecular weight is 626 g/mol. The molecule has 0 atom stereocenters. The van der Waals surface area contributed by atoms with Gasteiger partial charge in [0.1, 0.15) is 0 Å². The van der Waals surface area contributed by atoms with Gasteiger partial charge in [-0.05, 0) is 75.8 Å². The topological polar surface area (TPSA) is 29.0 Å². The molecule has 1 aromatic heterocycles. The number of fused-ring (bicyclic) bond motifs is 5. The lowest BCUT2D eigenvalue weighted by molar-refractivity contribution is 1.28. The van der Waals surface area contributed by atoms with Crippen molar-refractivity contribution in [2.24, 2.45) is 0 Å². The maximum atomic E-state index is 5.42. The van der Waals surface area contributed by atoms with E-state index in [0.717, 1.165) is 72.5 Å². The molecule has 0 bridgehead atoms. The number of rotatable bonds is 6. The van der Waals surface area contributed by atoms with Gasteiger partial charge in [-0.3, -0.25) is 0 Å². The summed E-state index contributed by atoms with van der Waals surface area (Å²) in [6, 6.07) is 66.1. The Balaban J connectivity index is 1.20. The molecular weight excluding hydrogens is 595 g/mol. The fourth-order valence-corrected chi connectivity index (χ4v) is 6.84. The minimum Gasteiger partial charge on any atom is -0.311 e. The number of nitrogens with zero attached hydrogens (tertiary/aromatic N) is 3. The average Bonchev–Trinajstić information content (AvgIpc) is 3.19. The van der Waals surface area contributed by atoms with E-state index in [4.69, 9.17) is 9.97 Å². The molecule has 9 aromatic rings. The van der Waals surface area contributed by atoms with Crippen LogP contribution in [0.2, 0.25) is 0 Å². The predicted molar refractivity (Wildman–Crippen MR) is 206 cm³/mol. The third-order valence-corrected chi connectivity index (χ3v) is 9.22. The van der Waals surface area contributed by atoms with E-state index < -0.39 is 0 Å². The van der Waals surface area contributed by atoms with Crippen molar-refractivity contribution >= 4 is 49.6 Å².